The van der Waals surface area contributed by atoms with Crippen molar-refractivity contribution in [3.63, 3.8) is 0 Å². The van der Waals surface area contributed by atoms with Gasteiger partial charge in [-0.2, -0.15) is 0 Å². The van der Waals surface area contributed by atoms with Crippen LogP contribution in [0.4, 0.5) is 0 Å². The Labute approximate surface area is 95.1 Å². The Balaban J connectivity index is 2.82. The van der Waals surface area contributed by atoms with Crippen molar-refractivity contribution in [1.29, 1.82) is 0 Å². The van der Waals surface area contributed by atoms with Gasteiger partial charge in [0.05, 0.1) is 5.69 Å². The Kier molecular flexibility index (Phi) is 4.85. The lowest BCUT2D eigenvalue weighted by molar-refractivity contribution is 0.0693. The average Bonchev–Trinajstić information content (AvgIpc) is 2.29. The molecule has 1 aromatic rings. The third-order valence-electron chi connectivity index (χ3n) is 2.39. The molecule has 0 spiro atoms. The normalized spacial score (nSPS) is 10.7. The molecule has 0 bridgehead atoms. The van der Waals surface area contributed by atoms with E-state index in [1.54, 1.807) is 0 Å². The lowest BCUT2D eigenvalue weighted by atomic mass is 10.2. The zero-order valence-corrected chi connectivity index (χ0v) is 9.68. The van der Waals surface area contributed by atoms with Crippen molar-refractivity contribution in [2.24, 2.45) is 0 Å². The highest BCUT2D eigenvalue weighted by atomic mass is 16.4. The lowest BCUT2D eigenvalue weighted by Crippen LogP contribution is -2.25. The van der Waals surface area contributed by atoms with Gasteiger partial charge in [-0.3, -0.25) is 4.90 Å². The van der Waals surface area contributed by atoms with E-state index in [1.165, 1.54) is 12.5 Å². The first-order chi connectivity index (χ1) is 7.69. The van der Waals surface area contributed by atoms with Gasteiger partial charge in [-0.05, 0) is 19.5 Å². The molecule has 0 aromatic carbocycles. The molecule has 5 heteroatoms. The van der Waals surface area contributed by atoms with Crippen LogP contribution in [0.3, 0.4) is 0 Å². The van der Waals surface area contributed by atoms with Crippen LogP contribution in [0.1, 0.15) is 36.3 Å². The van der Waals surface area contributed by atoms with Crippen LogP contribution >= 0.6 is 0 Å². The molecule has 0 amide bonds. The van der Waals surface area contributed by atoms with Gasteiger partial charge in [0.2, 0.25) is 0 Å². The minimum absolute atomic E-state index is 0.192. The molecular formula is C11H17N3O2. The van der Waals surface area contributed by atoms with E-state index in [4.69, 9.17) is 5.11 Å². The molecule has 5 nitrogen and oxygen atoms in total. The highest BCUT2D eigenvalue weighted by Crippen LogP contribution is 2.07. The number of aromatic nitrogens is 2. The second kappa shape index (κ2) is 6.17. The van der Waals surface area contributed by atoms with Crippen LogP contribution in [-0.2, 0) is 6.54 Å². The molecule has 16 heavy (non-hydrogen) atoms. The van der Waals surface area contributed by atoms with E-state index in [0.29, 0.717) is 12.2 Å². The molecule has 1 rings (SSSR count). The van der Waals surface area contributed by atoms with Crippen molar-refractivity contribution in [3.8, 4) is 0 Å². The second-order valence-electron chi connectivity index (χ2n) is 3.56. The maximum atomic E-state index is 11.0. The van der Waals surface area contributed by atoms with E-state index in [-0.39, 0.29) is 5.56 Å². The molecule has 0 atom stereocenters. The summed E-state index contributed by atoms with van der Waals surface area (Å²) in [5.41, 5.74) is 0.773. The highest BCUT2D eigenvalue weighted by molar-refractivity contribution is 5.88. The van der Waals surface area contributed by atoms with Gasteiger partial charge in [0.25, 0.3) is 0 Å². The summed E-state index contributed by atoms with van der Waals surface area (Å²) < 4.78 is 0. The summed E-state index contributed by atoms with van der Waals surface area (Å²) in [6.07, 6.45) is 3.79. The zero-order chi connectivity index (χ0) is 12.0. The van der Waals surface area contributed by atoms with Gasteiger partial charge < -0.3 is 5.11 Å². The summed E-state index contributed by atoms with van der Waals surface area (Å²) in [4.78, 5) is 20.9. The predicted octanol–water partition coefficient (Wildman–Crippen LogP) is 1.41. The van der Waals surface area contributed by atoms with Gasteiger partial charge in [0.15, 0.2) is 0 Å². The Bertz CT molecular complexity index is 355. The smallest absolute Gasteiger partial charge is 0.339 e. The molecule has 1 aromatic heterocycles. The number of rotatable bonds is 6. The van der Waals surface area contributed by atoms with Crippen molar-refractivity contribution in [2.75, 3.05) is 13.1 Å². The molecule has 0 saturated carbocycles. The lowest BCUT2D eigenvalue weighted by Gasteiger charge is -2.19. The summed E-state index contributed by atoms with van der Waals surface area (Å²) in [7, 11) is 0. The monoisotopic (exact) mass is 223 g/mol. The van der Waals surface area contributed by atoms with Crippen molar-refractivity contribution >= 4 is 5.97 Å². The summed E-state index contributed by atoms with van der Waals surface area (Å²) in [5.74, 6) is -0.969. The SMILES string of the molecule is CCCN(CC)Cc1ncncc1C(=O)O. The third-order valence-corrected chi connectivity index (χ3v) is 2.39. The van der Waals surface area contributed by atoms with Crippen LogP contribution in [0, 0.1) is 0 Å². The van der Waals surface area contributed by atoms with Crippen LogP contribution in [0.15, 0.2) is 12.5 Å². The van der Waals surface area contributed by atoms with Gasteiger partial charge in [0, 0.05) is 12.7 Å². The van der Waals surface area contributed by atoms with E-state index in [0.717, 1.165) is 19.5 Å². The van der Waals surface area contributed by atoms with Crippen molar-refractivity contribution in [2.45, 2.75) is 26.8 Å². The first-order valence-corrected chi connectivity index (χ1v) is 5.43. The van der Waals surface area contributed by atoms with E-state index in [2.05, 4.69) is 28.7 Å². The minimum Gasteiger partial charge on any atom is -0.478 e. The van der Waals surface area contributed by atoms with Gasteiger partial charge in [-0.1, -0.05) is 13.8 Å². The van der Waals surface area contributed by atoms with E-state index >= 15 is 0 Å². The maximum Gasteiger partial charge on any atom is 0.339 e. The van der Waals surface area contributed by atoms with Crippen LogP contribution < -0.4 is 0 Å². The number of nitrogens with zero attached hydrogens (tertiary/aromatic N) is 3. The highest BCUT2D eigenvalue weighted by Gasteiger charge is 2.13. The Morgan fingerprint density at radius 1 is 1.50 bits per heavy atom. The number of carboxylic acid groups (broad SMARTS) is 1. The van der Waals surface area contributed by atoms with Gasteiger partial charge >= 0.3 is 5.97 Å². The Morgan fingerprint density at radius 2 is 2.25 bits per heavy atom. The molecule has 1 heterocycles. The quantitative estimate of drug-likeness (QED) is 0.789. The largest absolute Gasteiger partial charge is 0.478 e. The molecule has 0 fully saturated rings. The fraction of sp³-hybridized carbons (Fsp3) is 0.545. The second-order valence-corrected chi connectivity index (χ2v) is 3.56. The van der Waals surface area contributed by atoms with Crippen LogP contribution in [0.2, 0.25) is 0 Å². The first-order valence-electron chi connectivity index (χ1n) is 5.43. The third kappa shape index (κ3) is 3.27. The maximum absolute atomic E-state index is 11.0. The molecule has 0 radical (unpaired) electrons. The molecule has 1 N–H and O–H groups in total. The van der Waals surface area contributed by atoms with E-state index < -0.39 is 5.97 Å². The van der Waals surface area contributed by atoms with Crippen LogP contribution in [-0.4, -0.2) is 39.0 Å². The van der Waals surface area contributed by atoms with Crippen LogP contribution in [0.5, 0.6) is 0 Å². The van der Waals surface area contributed by atoms with Gasteiger partial charge in [-0.15, -0.1) is 0 Å². The summed E-state index contributed by atoms with van der Waals surface area (Å²) in [5, 5.41) is 8.98. The molecule has 0 aliphatic heterocycles. The number of carbonyl (C=O) groups is 1. The molecule has 0 unspecified atom stereocenters. The molecule has 0 aliphatic carbocycles. The van der Waals surface area contributed by atoms with E-state index in [9.17, 15) is 4.79 Å². The zero-order valence-electron chi connectivity index (χ0n) is 9.68. The molecule has 0 aliphatic rings. The van der Waals surface area contributed by atoms with E-state index in [1.807, 2.05) is 0 Å². The number of hydrogen-bond donors (Lipinski definition) is 1. The molecule has 0 saturated heterocycles. The first kappa shape index (κ1) is 12.6. The Morgan fingerprint density at radius 3 is 2.81 bits per heavy atom. The predicted molar refractivity (Wildman–Crippen MR) is 60.2 cm³/mol. The fourth-order valence-corrected chi connectivity index (χ4v) is 1.54. The summed E-state index contributed by atoms with van der Waals surface area (Å²) >= 11 is 0. The number of hydrogen-bond acceptors (Lipinski definition) is 4. The van der Waals surface area contributed by atoms with Gasteiger partial charge in [-0.25, -0.2) is 14.8 Å². The number of aromatic carboxylic acids is 1. The summed E-state index contributed by atoms with van der Waals surface area (Å²) in [6, 6.07) is 0. The van der Waals surface area contributed by atoms with Crippen molar-refractivity contribution in [1.82, 2.24) is 14.9 Å². The fourth-order valence-electron chi connectivity index (χ4n) is 1.54. The summed E-state index contributed by atoms with van der Waals surface area (Å²) in [6.45, 7) is 6.54. The van der Waals surface area contributed by atoms with Crippen LogP contribution in [0.25, 0.3) is 0 Å². The molecular weight excluding hydrogens is 206 g/mol. The standard InChI is InChI=1S/C11H17N3O2/c1-3-5-14(4-2)7-10-9(11(15)16)6-12-8-13-10/h6,8H,3-5,7H2,1-2H3,(H,15,16). The van der Waals surface area contributed by atoms with Crippen molar-refractivity contribution < 1.29 is 9.90 Å². The average molecular weight is 223 g/mol. The van der Waals surface area contributed by atoms with Gasteiger partial charge in [0.1, 0.15) is 11.9 Å². The topological polar surface area (TPSA) is 66.3 Å². The Hall–Kier alpha value is -1.49. The number of carboxylic acids is 1. The minimum atomic E-state index is -0.969. The van der Waals surface area contributed by atoms with Crippen molar-refractivity contribution in [3.05, 3.63) is 23.8 Å². The molecule has 88 valence electrons.